The van der Waals surface area contributed by atoms with Gasteiger partial charge in [0.15, 0.2) is 0 Å². The van der Waals surface area contributed by atoms with E-state index in [2.05, 4.69) is 4.74 Å². The van der Waals surface area contributed by atoms with Crippen molar-refractivity contribution >= 4 is 11.7 Å². The van der Waals surface area contributed by atoms with Crippen LogP contribution in [-0.2, 0) is 16.1 Å². The van der Waals surface area contributed by atoms with E-state index in [9.17, 15) is 9.59 Å². The van der Waals surface area contributed by atoms with E-state index in [0.717, 1.165) is 0 Å². The van der Waals surface area contributed by atoms with Crippen molar-refractivity contribution in [3.05, 3.63) is 28.7 Å². The van der Waals surface area contributed by atoms with Crippen LogP contribution in [0, 0.1) is 5.41 Å². The van der Waals surface area contributed by atoms with E-state index in [1.807, 2.05) is 0 Å². The standard InChI is InChI=1S/C11H16N2O3/c1-11(2,10(15)16-3)7-13-6-8(12)4-5-9(13)14/h4-6H,7,12H2,1-3H3. The Morgan fingerprint density at radius 1 is 1.50 bits per heavy atom. The van der Waals surface area contributed by atoms with Gasteiger partial charge >= 0.3 is 5.97 Å². The summed E-state index contributed by atoms with van der Waals surface area (Å²) in [7, 11) is 1.33. The first kappa shape index (κ1) is 12.3. The number of hydrogen-bond acceptors (Lipinski definition) is 4. The second kappa shape index (κ2) is 4.38. The number of anilines is 1. The molecule has 0 aliphatic rings. The highest BCUT2D eigenvalue weighted by molar-refractivity contribution is 5.75. The van der Waals surface area contributed by atoms with Gasteiger partial charge in [0.2, 0.25) is 0 Å². The minimum Gasteiger partial charge on any atom is -0.469 e. The van der Waals surface area contributed by atoms with Gasteiger partial charge in [0, 0.05) is 24.5 Å². The minimum absolute atomic E-state index is 0.189. The molecule has 0 saturated carbocycles. The molecule has 0 amide bonds. The summed E-state index contributed by atoms with van der Waals surface area (Å²) in [5.41, 5.74) is 5.12. The van der Waals surface area contributed by atoms with Crippen molar-refractivity contribution in [1.29, 1.82) is 0 Å². The van der Waals surface area contributed by atoms with Crippen LogP contribution in [-0.4, -0.2) is 17.6 Å². The van der Waals surface area contributed by atoms with Gasteiger partial charge < -0.3 is 15.0 Å². The molecular formula is C11H16N2O3. The predicted octanol–water partition coefficient (Wildman–Crippen LogP) is 0.630. The van der Waals surface area contributed by atoms with Gasteiger partial charge in [-0.1, -0.05) is 0 Å². The second-order valence-corrected chi connectivity index (χ2v) is 4.30. The number of esters is 1. The maximum absolute atomic E-state index is 11.5. The highest BCUT2D eigenvalue weighted by Crippen LogP contribution is 2.19. The van der Waals surface area contributed by atoms with Crippen LogP contribution >= 0.6 is 0 Å². The van der Waals surface area contributed by atoms with E-state index in [0.29, 0.717) is 5.69 Å². The Labute approximate surface area is 93.8 Å². The van der Waals surface area contributed by atoms with E-state index in [-0.39, 0.29) is 18.1 Å². The lowest BCUT2D eigenvalue weighted by Crippen LogP contribution is -2.34. The lowest BCUT2D eigenvalue weighted by atomic mass is 9.93. The summed E-state index contributed by atoms with van der Waals surface area (Å²) in [6.45, 7) is 3.67. The number of carbonyl (C=O) groups is 1. The van der Waals surface area contributed by atoms with Crippen LogP contribution in [0.25, 0.3) is 0 Å². The van der Waals surface area contributed by atoms with Crippen LogP contribution in [0.2, 0.25) is 0 Å². The summed E-state index contributed by atoms with van der Waals surface area (Å²) in [6.07, 6.45) is 1.52. The third kappa shape index (κ3) is 2.62. The SMILES string of the molecule is COC(=O)C(C)(C)Cn1cc(N)ccc1=O. The fourth-order valence-corrected chi connectivity index (χ4v) is 1.44. The minimum atomic E-state index is -0.758. The fourth-order valence-electron chi connectivity index (χ4n) is 1.44. The van der Waals surface area contributed by atoms with Crippen LogP contribution in [0.15, 0.2) is 23.1 Å². The molecule has 16 heavy (non-hydrogen) atoms. The fraction of sp³-hybridized carbons (Fsp3) is 0.455. The maximum Gasteiger partial charge on any atom is 0.313 e. The molecule has 1 aromatic rings. The number of methoxy groups -OCH3 is 1. The third-order valence-corrected chi connectivity index (χ3v) is 2.31. The molecule has 5 nitrogen and oxygen atoms in total. The molecule has 0 radical (unpaired) electrons. The van der Waals surface area contributed by atoms with Gasteiger partial charge in [-0.2, -0.15) is 0 Å². The van der Waals surface area contributed by atoms with Gasteiger partial charge in [-0.05, 0) is 19.9 Å². The molecule has 0 bridgehead atoms. The van der Waals surface area contributed by atoms with Gasteiger partial charge in [0.1, 0.15) is 0 Å². The smallest absolute Gasteiger partial charge is 0.313 e. The molecule has 1 heterocycles. The quantitative estimate of drug-likeness (QED) is 0.764. The molecule has 0 atom stereocenters. The molecule has 2 N–H and O–H groups in total. The molecule has 0 saturated heterocycles. The molecule has 1 aromatic heterocycles. The maximum atomic E-state index is 11.5. The van der Waals surface area contributed by atoms with E-state index in [4.69, 9.17) is 5.73 Å². The Bertz CT molecular complexity index is 449. The summed E-state index contributed by atoms with van der Waals surface area (Å²) in [4.78, 5) is 23.0. The molecule has 0 unspecified atom stereocenters. The van der Waals surface area contributed by atoms with Crippen molar-refractivity contribution in [1.82, 2.24) is 4.57 Å². The molecule has 0 fully saturated rings. The topological polar surface area (TPSA) is 74.3 Å². The van der Waals surface area contributed by atoms with Crippen LogP contribution in [0.3, 0.4) is 0 Å². The molecule has 0 spiro atoms. The van der Waals surface area contributed by atoms with Gasteiger partial charge in [-0.25, -0.2) is 0 Å². The van der Waals surface area contributed by atoms with Crippen molar-refractivity contribution in [3.63, 3.8) is 0 Å². The number of aromatic nitrogens is 1. The van der Waals surface area contributed by atoms with Crippen LogP contribution in [0.4, 0.5) is 5.69 Å². The Kier molecular flexibility index (Phi) is 3.37. The van der Waals surface area contributed by atoms with Crippen molar-refractivity contribution in [2.45, 2.75) is 20.4 Å². The highest BCUT2D eigenvalue weighted by atomic mass is 16.5. The summed E-state index contributed by atoms with van der Waals surface area (Å²) >= 11 is 0. The third-order valence-electron chi connectivity index (χ3n) is 2.31. The molecule has 0 aromatic carbocycles. The van der Waals surface area contributed by atoms with Crippen molar-refractivity contribution in [3.8, 4) is 0 Å². The Balaban J connectivity index is 3.00. The summed E-state index contributed by atoms with van der Waals surface area (Å²) in [6, 6.07) is 2.91. The molecular weight excluding hydrogens is 208 g/mol. The number of pyridine rings is 1. The van der Waals surface area contributed by atoms with Gasteiger partial charge in [-0.15, -0.1) is 0 Å². The summed E-state index contributed by atoms with van der Waals surface area (Å²) in [5, 5.41) is 0. The van der Waals surface area contributed by atoms with Gasteiger partial charge in [-0.3, -0.25) is 9.59 Å². The molecule has 0 aliphatic carbocycles. The van der Waals surface area contributed by atoms with Crippen LogP contribution in [0.5, 0.6) is 0 Å². The molecule has 88 valence electrons. The average Bonchev–Trinajstić information content (AvgIpc) is 2.22. The van der Waals surface area contributed by atoms with Crippen molar-refractivity contribution in [2.75, 3.05) is 12.8 Å². The number of ether oxygens (including phenoxy) is 1. The first-order valence-corrected chi connectivity index (χ1v) is 4.91. The number of hydrogen-bond donors (Lipinski definition) is 1. The second-order valence-electron chi connectivity index (χ2n) is 4.30. The van der Waals surface area contributed by atoms with Gasteiger partial charge in [0.05, 0.1) is 12.5 Å². The summed E-state index contributed by atoms with van der Waals surface area (Å²) in [5.74, 6) is -0.359. The zero-order chi connectivity index (χ0) is 12.3. The first-order valence-electron chi connectivity index (χ1n) is 4.91. The highest BCUT2D eigenvalue weighted by Gasteiger charge is 2.29. The van der Waals surface area contributed by atoms with Crippen LogP contribution in [0.1, 0.15) is 13.8 Å². The monoisotopic (exact) mass is 224 g/mol. The van der Waals surface area contributed by atoms with E-state index < -0.39 is 5.41 Å². The van der Waals surface area contributed by atoms with Gasteiger partial charge in [0.25, 0.3) is 5.56 Å². The largest absolute Gasteiger partial charge is 0.469 e. The summed E-state index contributed by atoms with van der Waals surface area (Å²) < 4.78 is 6.08. The normalized spacial score (nSPS) is 11.2. The van der Waals surface area contributed by atoms with E-state index in [1.165, 1.54) is 30.0 Å². The van der Waals surface area contributed by atoms with Crippen molar-refractivity contribution in [2.24, 2.45) is 5.41 Å². The molecule has 5 heteroatoms. The molecule has 1 rings (SSSR count). The zero-order valence-electron chi connectivity index (χ0n) is 9.69. The van der Waals surface area contributed by atoms with E-state index >= 15 is 0 Å². The van der Waals surface area contributed by atoms with Crippen LogP contribution < -0.4 is 11.3 Å². The number of nitrogen functional groups attached to an aromatic ring is 1. The first-order chi connectivity index (χ1) is 7.36. The number of nitrogens with zero attached hydrogens (tertiary/aromatic N) is 1. The number of nitrogens with two attached hydrogens (primary N) is 1. The zero-order valence-corrected chi connectivity index (χ0v) is 9.69. The Morgan fingerprint density at radius 3 is 2.69 bits per heavy atom. The number of rotatable bonds is 3. The van der Waals surface area contributed by atoms with Crippen molar-refractivity contribution < 1.29 is 9.53 Å². The Morgan fingerprint density at radius 2 is 2.12 bits per heavy atom. The average molecular weight is 224 g/mol. The molecule has 0 aliphatic heterocycles. The lowest BCUT2D eigenvalue weighted by Gasteiger charge is -2.22. The Hall–Kier alpha value is -1.78. The van der Waals surface area contributed by atoms with E-state index in [1.54, 1.807) is 13.8 Å². The number of carbonyl (C=O) groups excluding carboxylic acids is 1. The lowest BCUT2D eigenvalue weighted by molar-refractivity contribution is -0.151. The predicted molar refractivity (Wildman–Crippen MR) is 60.9 cm³/mol.